The number of ether oxygens (including phenoxy) is 2. The molecule has 7 nitrogen and oxygen atoms in total. The van der Waals surface area contributed by atoms with Gasteiger partial charge in [0, 0.05) is 13.1 Å². The Hall–Kier alpha value is -2.65. The fourth-order valence-corrected chi connectivity index (χ4v) is 4.25. The molecule has 1 aliphatic rings. The van der Waals surface area contributed by atoms with Crippen LogP contribution in [-0.4, -0.2) is 59.2 Å². The minimum absolute atomic E-state index is 0.0977. The third-order valence-electron chi connectivity index (χ3n) is 4.40. The predicted octanol–water partition coefficient (Wildman–Crippen LogP) is 1.89. The summed E-state index contributed by atoms with van der Waals surface area (Å²) in [6, 6.07) is 10.9. The summed E-state index contributed by atoms with van der Waals surface area (Å²) in [6.45, 7) is 1.28. The Bertz CT molecular complexity index is 910. The third-order valence-corrected chi connectivity index (χ3v) is 6.19. The molecule has 0 saturated carbocycles. The molecule has 9 heteroatoms. The molecule has 0 radical (unpaired) electrons. The van der Waals surface area contributed by atoms with E-state index in [1.54, 1.807) is 29.2 Å². The van der Waals surface area contributed by atoms with E-state index in [9.17, 15) is 17.6 Å². The topological polar surface area (TPSA) is 76.2 Å². The molecule has 1 heterocycles. The normalized spacial score (nSPS) is 14.6. The Morgan fingerprint density at radius 3 is 2.29 bits per heavy atom. The van der Waals surface area contributed by atoms with E-state index >= 15 is 0 Å². The maximum Gasteiger partial charge on any atom is 0.264 e. The van der Waals surface area contributed by atoms with Gasteiger partial charge in [0.15, 0.2) is 0 Å². The van der Waals surface area contributed by atoms with Crippen LogP contribution in [0.5, 0.6) is 5.75 Å². The van der Waals surface area contributed by atoms with Crippen LogP contribution >= 0.6 is 0 Å². The lowest BCUT2D eigenvalue weighted by Crippen LogP contribution is -2.47. The van der Waals surface area contributed by atoms with E-state index < -0.39 is 15.8 Å². The zero-order valence-corrected chi connectivity index (χ0v) is 16.2. The minimum atomic E-state index is -4.08. The number of hydrogen-bond acceptors (Lipinski definition) is 5. The van der Waals surface area contributed by atoms with E-state index in [0.717, 1.165) is 16.4 Å². The number of anilines is 1. The lowest BCUT2D eigenvalue weighted by molar-refractivity contribution is -0.133. The van der Waals surface area contributed by atoms with Crippen LogP contribution in [0.1, 0.15) is 0 Å². The van der Waals surface area contributed by atoms with Gasteiger partial charge in [-0.1, -0.05) is 0 Å². The maximum atomic E-state index is 13.2. The van der Waals surface area contributed by atoms with Crippen molar-refractivity contribution in [2.75, 3.05) is 44.3 Å². The first-order valence-corrected chi connectivity index (χ1v) is 10.1. The van der Waals surface area contributed by atoms with E-state index in [0.29, 0.717) is 37.7 Å². The summed E-state index contributed by atoms with van der Waals surface area (Å²) in [6.07, 6.45) is 0. The molecule has 0 N–H and O–H groups in total. The summed E-state index contributed by atoms with van der Waals surface area (Å²) < 4.78 is 51.0. The SMILES string of the molecule is COc1ccc(N(CC(=O)N2CCOCC2)S(=O)(=O)c2ccc(F)cc2)cc1. The molecular weight excluding hydrogens is 387 g/mol. The highest BCUT2D eigenvalue weighted by Gasteiger charge is 2.29. The molecule has 0 aromatic heterocycles. The highest BCUT2D eigenvalue weighted by molar-refractivity contribution is 7.92. The van der Waals surface area contributed by atoms with Gasteiger partial charge in [-0.25, -0.2) is 12.8 Å². The van der Waals surface area contributed by atoms with Gasteiger partial charge in [-0.15, -0.1) is 0 Å². The Balaban J connectivity index is 1.95. The van der Waals surface area contributed by atoms with E-state index in [2.05, 4.69) is 0 Å². The lowest BCUT2D eigenvalue weighted by Gasteiger charge is -2.30. The molecule has 2 aromatic carbocycles. The number of carbonyl (C=O) groups is 1. The number of sulfonamides is 1. The van der Waals surface area contributed by atoms with E-state index in [-0.39, 0.29) is 17.3 Å². The van der Waals surface area contributed by atoms with Crippen molar-refractivity contribution in [3.63, 3.8) is 0 Å². The number of methoxy groups -OCH3 is 1. The maximum absolute atomic E-state index is 13.2. The summed E-state index contributed by atoms with van der Waals surface area (Å²) >= 11 is 0. The fraction of sp³-hybridized carbons (Fsp3) is 0.316. The number of benzene rings is 2. The van der Waals surface area contributed by atoms with E-state index in [4.69, 9.17) is 9.47 Å². The zero-order valence-electron chi connectivity index (χ0n) is 15.4. The van der Waals surface area contributed by atoms with Gasteiger partial charge in [-0.05, 0) is 48.5 Å². The molecular formula is C19H21FN2O5S. The molecule has 2 aromatic rings. The first-order chi connectivity index (χ1) is 13.4. The van der Waals surface area contributed by atoms with Gasteiger partial charge in [-0.2, -0.15) is 0 Å². The Kier molecular flexibility index (Phi) is 6.15. The van der Waals surface area contributed by atoms with Crippen molar-refractivity contribution in [1.82, 2.24) is 4.90 Å². The van der Waals surface area contributed by atoms with Crippen LogP contribution in [0.4, 0.5) is 10.1 Å². The summed E-state index contributed by atoms with van der Waals surface area (Å²) in [5, 5.41) is 0. The molecule has 0 aliphatic carbocycles. The molecule has 0 bridgehead atoms. The van der Waals surface area contributed by atoms with Crippen LogP contribution in [0.25, 0.3) is 0 Å². The van der Waals surface area contributed by atoms with Gasteiger partial charge in [0.05, 0.1) is 30.9 Å². The van der Waals surface area contributed by atoms with Gasteiger partial charge in [0.25, 0.3) is 10.0 Å². The molecule has 28 heavy (non-hydrogen) atoms. The highest BCUT2D eigenvalue weighted by atomic mass is 32.2. The number of morpholine rings is 1. The van der Waals surface area contributed by atoms with Gasteiger partial charge < -0.3 is 14.4 Å². The lowest BCUT2D eigenvalue weighted by atomic mass is 10.3. The van der Waals surface area contributed by atoms with Crippen LogP contribution < -0.4 is 9.04 Å². The molecule has 1 fully saturated rings. The molecule has 1 saturated heterocycles. The van der Waals surface area contributed by atoms with Crippen molar-refractivity contribution < 1.29 is 27.1 Å². The van der Waals surface area contributed by atoms with Gasteiger partial charge in [-0.3, -0.25) is 9.10 Å². The molecule has 0 unspecified atom stereocenters. The van der Waals surface area contributed by atoms with Crippen LogP contribution in [0, 0.1) is 5.82 Å². The van der Waals surface area contributed by atoms with Crippen LogP contribution in [-0.2, 0) is 19.6 Å². The van der Waals surface area contributed by atoms with Gasteiger partial charge in [0.1, 0.15) is 18.1 Å². The smallest absolute Gasteiger partial charge is 0.264 e. The number of amides is 1. The monoisotopic (exact) mass is 408 g/mol. The molecule has 1 aliphatic heterocycles. The third kappa shape index (κ3) is 4.42. The Labute approximate surface area is 163 Å². The number of halogens is 1. The van der Waals surface area contributed by atoms with E-state index in [1.807, 2.05) is 0 Å². The second-order valence-electron chi connectivity index (χ2n) is 6.16. The molecule has 150 valence electrons. The Morgan fingerprint density at radius 2 is 1.71 bits per heavy atom. The van der Waals surface area contributed by atoms with E-state index in [1.165, 1.54) is 19.2 Å². The van der Waals surface area contributed by atoms with Crippen LogP contribution in [0.3, 0.4) is 0 Å². The zero-order chi connectivity index (χ0) is 20.1. The molecule has 0 spiro atoms. The molecule has 3 rings (SSSR count). The van der Waals surface area contributed by atoms with Crippen molar-refractivity contribution in [3.05, 3.63) is 54.3 Å². The van der Waals surface area contributed by atoms with Crippen molar-refractivity contribution in [2.45, 2.75) is 4.90 Å². The number of nitrogens with zero attached hydrogens (tertiary/aromatic N) is 2. The number of hydrogen-bond donors (Lipinski definition) is 0. The number of carbonyl (C=O) groups excluding carboxylic acids is 1. The quantitative estimate of drug-likeness (QED) is 0.730. The van der Waals surface area contributed by atoms with Crippen LogP contribution in [0.2, 0.25) is 0 Å². The standard InChI is InChI=1S/C19H21FN2O5S/c1-26-17-6-4-16(5-7-17)22(14-19(23)21-10-12-27-13-11-21)28(24,25)18-8-2-15(20)3-9-18/h2-9H,10-14H2,1H3. The fourth-order valence-electron chi connectivity index (χ4n) is 2.83. The second-order valence-corrected chi connectivity index (χ2v) is 8.02. The van der Waals surface area contributed by atoms with Crippen molar-refractivity contribution in [1.29, 1.82) is 0 Å². The Morgan fingerprint density at radius 1 is 1.11 bits per heavy atom. The predicted molar refractivity (Wildman–Crippen MR) is 101 cm³/mol. The molecule has 0 atom stereocenters. The molecule has 1 amide bonds. The first kappa shape index (κ1) is 20.1. The van der Waals surface area contributed by atoms with Crippen molar-refractivity contribution in [2.24, 2.45) is 0 Å². The number of rotatable bonds is 6. The van der Waals surface area contributed by atoms with Gasteiger partial charge >= 0.3 is 0 Å². The minimum Gasteiger partial charge on any atom is -0.497 e. The first-order valence-electron chi connectivity index (χ1n) is 8.70. The largest absolute Gasteiger partial charge is 0.497 e. The highest BCUT2D eigenvalue weighted by Crippen LogP contribution is 2.26. The summed E-state index contributed by atoms with van der Waals surface area (Å²) in [7, 11) is -2.57. The summed E-state index contributed by atoms with van der Waals surface area (Å²) in [4.78, 5) is 14.2. The average Bonchev–Trinajstić information content (AvgIpc) is 2.73. The van der Waals surface area contributed by atoms with Crippen LogP contribution in [0.15, 0.2) is 53.4 Å². The average molecular weight is 408 g/mol. The second kappa shape index (κ2) is 8.57. The summed E-state index contributed by atoms with van der Waals surface area (Å²) in [5.74, 6) is -0.313. The van der Waals surface area contributed by atoms with Crippen molar-refractivity contribution in [3.8, 4) is 5.75 Å². The van der Waals surface area contributed by atoms with Crippen molar-refractivity contribution >= 4 is 21.6 Å². The van der Waals surface area contributed by atoms with Gasteiger partial charge in [0.2, 0.25) is 5.91 Å². The summed E-state index contributed by atoms with van der Waals surface area (Å²) in [5.41, 5.74) is 0.312.